The summed E-state index contributed by atoms with van der Waals surface area (Å²) in [4.78, 5) is 10.9. The molecule has 0 aliphatic heterocycles. The molecule has 4 rings (SSSR count). The molecule has 10 heteroatoms. The Balaban J connectivity index is 1.57. The number of fused-ring (bicyclic) bond motifs is 1. The molecule has 1 N–H and O–H groups in total. The van der Waals surface area contributed by atoms with Crippen LogP contribution in [0.1, 0.15) is 17.0 Å². The second kappa shape index (κ2) is 6.93. The highest BCUT2D eigenvalue weighted by Gasteiger charge is 2.30. The Morgan fingerprint density at radius 1 is 1.00 bits per heavy atom. The molecule has 2 heterocycles. The molecule has 2 aromatic heterocycles. The monoisotopic (exact) mass is 411 g/mol. The van der Waals surface area contributed by atoms with Crippen molar-refractivity contribution in [3.63, 3.8) is 0 Å². The number of halogens is 3. The van der Waals surface area contributed by atoms with Gasteiger partial charge in [-0.25, -0.2) is 9.97 Å². The molecule has 0 unspecified atom stereocenters. The second-order valence-corrected chi connectivity index (χ2v) is 6.81. The van der Waals surface area contributed by atoms with Gasteiger partial charge in [-0.15, -0.1) is 0 Å². The Bertz CT molecular complexity index is 1260. The summed E-state index contributed by atoms with van der Waals surface area (Å²) in [5.74, 6) is 0.792. The molecule has 0 amide bonds. The number of alkyl halides is 3. The lowest BCUT2D eigenvalue weighted by molar-refractivity contribution is -0.137. The van der Waals surface area contributed by atoms with Gasteiger partial charge in [-0.2, -0.15) is 23.7 Å². The van der Waals surface area contributed by atoms with Crippen LogP contribution >= 0.6 is 11.3 Å². The number of aromatic nitrogens is 3. The first-order chi connectivity index (χ1) is 13.9. The molecular weight excluding hydrogens is 403 g/mol. The van der Waals surface area contributed by atoms with Crippen LogP contribution < -0.4 is 4.74 Å². The minimum absolute atomic E-state index is 0.00975. The van der Waals surface area contributed by atoms with Crippen molar-refractivity contribution in [3.05, 3.63) is 59.4 Å². The maximum atomic E-state index is 12.8. The van der Waals surface area contributed by atoms with E-state index in [9.17, 15) is 13.2 Å². The van der Waals surface area contributed by atoms with E-state index in [4.69, 9.17) is 15.3 Å². The van der Waals surface area contributed by atoms with E-state index in [1.165, 1.54) is 6.07 Å². The van der Waals surface area contributed by atoms with Gasteiger partial charge >= 0.3 is 6.18 Å². The average Bonchev–Trinajstić information content (AvgIpc) is 3.30. The van der Waals surface area contributed by atoms with Crippen molar-refractivity contribution in [1.29, 1.82) is 10.5 Å². The Hall–Kier alpha value is -3.89. The van der Waals surface area contributed by atoms with E-state index < -0.39 is 11.7 Å². The molecular formula is C19H8F3N5OS. The van der Waals surface area contributed by atoms with E-state index in [1.54, 1.807) is 24.3 Å². The number of H-pyrrole nitrogens is 1. The van der Waals surface area contributed by atoms with Gasteiger partial charge in [-0.3, -0.25) is 0 Å². The number of ether oxygens (including phenoxy) is 1. The molecule has 0 spiro atoms. The molecule has 0 aliphatic carbocycles. The zero-order valence-electron chi connectivity index (χ0n) is 14.3. The molecule has 2 aromatic carbocycles. The molecule has 0 aliphatic rings. The van der Waals surface area contributed by atoms with Gasteiger partial charge in [0.05, 0.1) is 15.8 Å². The van der Waals surface area contributed by atoms with Gasteiger partial charge < -0.3 is 9.72 Å². The number of nitriles is 2. The van der Waals surface area contributed by atoms with Crippen LogP contribution in [0.3, 0.4) is 0 Å². The van der Waals surface area contributed by atoms with E-state index in [0.29, 0.717) is 21.8 Å². The largest absolute Gasteiger partial charge is 0.431 e. The van der Waals surface area contributed by atoms with Crippen LogP contribution in [-0.2, 0) is 6.18 Å². The van der Waals surface area contributed by atoms with Gasteiger partial charge in [0.15, 0.2) is 11.4 Å². The van der Waals surface area contributed by atoms with E-state index in [1.807, 2.05) is 12.1 Å². The predicted molar refractivity (Wildman–Crippen MR) is 98.1 cm³/mol. The van der Waals surface area contributed by atoms with E-state index in [-0.39, 0.29) is 22.1 Å². The fourth-order valence-corrected chi connectivity index (χ4v) is 3.39. The fraction of sp³-hybridized carbons (Fsp3) is 0.0526. The molecule has 0 fully saturated rings. The quantitative estimate of drug-likeness (QED) is 0.497. The van der Waals surface area contributed by atoms with Gasteiger partial charge in [-0.05, 0) is 42.5 Å². The topological polar surface area (TPSA) is 98.4 Å². The summed E-state index contributed by atoms with van der Waals surface area (Å²) >= 11 is 1.13. The number of benzene rings is 2. The Labute approximate surface area is 165 Å². The summed E-state index contributed by atoms with van der Waals surface area (Å²) < 4.78 is 44.7. The first-order valence-corrected chi connectivity index (χ1v) is 8.85. The predicted octanol–water partition coefficient (Wildman–Crippen LogP) is 5.24. The number of thiazole rings is 1. The van der Waals surface area contributed by atoms with Gasteiger partial charge in [0.1, 0.15) is 23.7 Å². The maximum Gasteiger partial charge on any atom is 0.416 e. The summed E-state index contributed by atoms with van der Waals surface area (Å²) in [6, 6.07) is 13.7. The van der Waals surface area contributed by atoms with E-state index in [2.05, 4.69) is 15.0 Å². The lowest BCUT2D eigenvalue weighted by atomic mass is 10.2. The Morgan fingerprint density at radius 2 is 1.76 bits per heavy atom. The first kappa shape index (κ1) is 18.5. The lowest BCUT2D eigenvalue weighted by Gasteiger charge is -2.04. The van der Waals surface area contributed by atoms with Crippen LogP contribution in [0.5, 0.6) is 10.9 Å². The zero-order valence-corrected chi connectivity index (χ0v) is 15.1. The lowest BCUT2D eigenvalue weighted by Crippen LogP contribution is -2.03. The highest BCUT2D eigenvalue weighted by molar-refractivity contribution is 7.20. The summed E-state index contributed by atoms with van der Waals surface area (Å²) in [6.45, 7) is 0. The number of hydrogen-bond acceptors (Lipinski definition) is 6. The zero-order chi connectivity index (χ0) is 20.6. The molecule has 142 valence electrons. The van der Waals surface area contributed by atoms with Crippen LogP contribution in [-0.4, -0.2) is 15.0 Å². The van der Waals surface area contributed by atoms with Crippen LogP contribution in [0.2, 0.25) is 0 Å². The van der Waals surface area contributed by atoms with Gasteiger partial charge in [0, 0.05) is 5.56 Å². The van der Waals surface area contributed by atoms with Gasteiger partial charge in [0.2, 0.25) is 0 Å². The molecule has 0 saturated heterocycles. The minimum Gasteiger partial charge on any atom is -0.431 e. The smallest absolute Gasteiger partial charge is 0.416 e. The van der Waals surface area contributed by atoms with Crippen LogP contribution in [0, 0.1) is 22.7 Å². The van der Waals surface area contributed by atoms with E-state index >= 15 is 0 Å². The van der Waals surface area contributed by atoms with Crippen molar-refractivity contribution >= 4 is 21.6 Å². The molecule has 0 saturated carbocycles. The number of rotatable bonds is 3. The number of aromatic amines is 1. The third kappa shape index (κ3) is 3.61. The van der Waals surface area contributed by atoms with Crippen molar-refractivity contribution in [2.24, 2.45) is 0 Å². The van der Waals surface area contributed by atoms with Gasteiger partial charge in [0.25, 0.3) is 5.19 Å². The van der Waals surface area contributed by atoms with E-state index in [0.717, 1.165) is 23.5 Å². The van der Waals surface area contributed by atoms with Crippen molar-refractivity contribution in [2.75, 3.05) is 0 Å². The molecule has 6 nitrogen and oxygen atoms in total. The standard InChI is InChI=1S/C19H8F3N5OS/c20-19(21,22)11-3-6-16-13(7-11)27-18(29-16)28-12-4-1-10(2-5-12)17-25-14(8-23)15(9-24)26-17/h1-7H,(H,25,26). The van der Waals surface area contributed by atoms with Crippen molar-refractivity contribution in [2.45, 2.75) is 6.18 Å². The SMILES string of the molecule is N#Cc1nc(-c2ccc(Oc3nc4cc(C(F)(F)F)ccc4s3)cc2)[nH]c1C#N. The molecule has 0 radical (unpaired) electrons. The van der Waals surface area contributed by atoms with Crippen molar-refractivity contribution in [3.8, 4) is 34.5 Å². The molecule has 4 aromatic rings. The molecule has 0 bridgehead atoms. The third-order valence-electron chi connectivity index (χ3n) is 3.95. The summed E-state index contributed by atoms with van der Waals surface area (Å²) in [7, 11) is 0. The highest BCUT2D eigenvalue weighted by Crippen LogP contribution is 2.36. The van der Waals surface area contributed by atoms with Crippen molar-refractivity contribution in [1.82, 2.24) is 15.0 Å². The van der Waals surface area contributed by atoms with Crippen LogP contribution in [0.25, 0.3) is 21.6 Å². The summed E-state index contributed by atoms with van der Waals surface area (Å²) in [5, 5.41) is 18.2. The minimum atomic E-state index is -4.43. The normalized spacial score (nSPS) is 11.2. The number of nitrogens with zero attached hydrogens (tertiary/aromatic N) is 4. The summed E-state index contributed by atoms with van der Waals surface area (Å²) in [5.41, 5.74) is 0.166. The maximum absolute atomic E-state index is 12.8. The van der Waals surface area contributed by atoms with Gasteiger partial charge in [-0.1, -0.05) is 11.3 Å². The molecule has 0 atom stereocenters. The fourth-order valence-electron chi connectivity index (χ4n) is 2.58. The first-order valence-electron chi connectivity index (χ1n) is 8.03. The third-order valence-corrected chi connectivity index (χ3v) is 4.86. The second-order valence-electron chi connectivity index (χ2n) is 5.82. The summed E-state index contributed by atoms with van der Waals surface area (Å²) in [6.07, 6.45) is -4.43. The average molecular weight is 411 g/mol. The molecule has 29 heavy (non-hydrogen) atoms. The Morgan fingerprint density at radius 3 is 2.38 bits per heavy atom. The van der Waals surface area contributed by atoms with Crippen LogP contribution in [0.15, 0.2) is 42.5 Å². The number of imidazole rings is 1. The highest BCUT2D eigenvalue weighted by atomic mass is 32.1. The van der Waals surface area contributed by atoms with Crippen molar-refractivity contribution < 1.29 is 17.9 Å². The Kier molecular flexibility index (Phi) is 4.41. The number of nitrogens with one attached hydrogen (secondary N) is 1. The number of hydrogen-bond donors (Lipinski definition) is 1. The van der Waals surface area contributed by atoms with Crippen LogP contribution in [0.4, 0.5) is 13.2 Å².